The number of carbonyl (C=O) groups is 2. The summed E-state index contributed by atoms with van der Waals surface area (Å²) in [6.45, 7) is 4.89. The van der Waals surface area contributed by atoms with E-state index in [2.05, 4.69) is 0 Å². The first-order chi connectivity index (χ1) is 11.8. The van der Waals surface area contributed by atoms with Crippen LogP contribution in [-0.2, 0) is 33.4 Å². The van der Waals surface area contributed by atoms with Gasteiger partial charge >= 0.3 is 11.9 Å². The molecule has 0 amide bonds. The molecule has 1 rings (SSSR count). The van der Waals surface area contributed by atoms with E-state index in [1.807, 2.05) is 0 Å². The third-order valence-electron chi connectivity index (χ3n) is 3.25. The molecule has 0 bridgehead atoms. The van der Waals surface area contributed by atoms with Gasteiger partial charge in [0.1, 0.15) is 0 Å². The maximum Gasteiger partial charge on any atom is 0.337 e. The van der Waals surface area contributed by atoms with Gasteiger partial charge in [0.15, 0.2) is 6.10 Å². The van der Waals surface area contributed by atoms with Crippen molar-refractivity contribution in [2.75, 3.05) is 13.2 Å². The maximum atomic E-state index is 12.4. The number of halogens is 1. The maximum absolute atomic E-state index is 12.4. The van der Waals surface area contributed by atoms with Crippen molar-refractivity contribution in [1.29, 1.82) is 0 Å². The van der Waals surface area contributed by atoms with Crippen LogP contribution in [-0.4, -0.2) is 39.7 Å². The SMILES string of the molecule is CCOC(=O)[C@@H](CC)[C@@H](OS(=O)(=O)c1ccc(Cl)cc1)C(=O)OCC. The van der Waals surface area contributed by atoms with Gasteiger partial charge in [0.2, 0.25) is 0 Å². The predicted octanol–water partition coefficient (Wildman–Crippen LogP) is 2.57. The Morgan fingerprint density at radius 1 is 1.00 bits per heavy atom. The Kier molecular flexibility index (Phi) is 8.34. The second-order valence-electron chi connectivity index (χ2n) is 4.94. The zero-order chi connectivity index (χ0) is 19.0. The smallest absolute Gasteiger partial charge is 0.337 e. The Morgan fingerprint density at radius 2 is 1.52 bits per heavy atom. The van der Waals surface area contributed by atoms with Gasteiger partial charge in [0.05, 0.1) is 24.0 Å². The van der Waals surface area contributed by atoms with Gasteiger partial charge in [-0.3, -0.25) is 8.98 Å². The fourth-order valence-electron chi connectivity index (χ4n) is 2.04. The summed E-state index contributed by atoms with van der Waals surface area (Å²) in [6.07, 6.45) is -1.50. The topological polar surface area (TPSA) is 96.0 Å². The third kappa shape index (κ3) is 5.98. The molecule has 2 atom stereocenters. The zero-order valence-electron chi connectivity index (χ0n) is 14.2. The van der Waals surface area contributed by atoms with Crippen molar-refractivity contribution in [2.45, 2.75) is 38.2 Å². The van der Waals surface area contributed by atoms with E-state index < -0.39 is 34.1 Å². The first kappa shape index (κ1) is 21.4. The van der Waals surface area contributed by atoms with Gasteiger partial charge in [-0.2, -0.15) is 8.42 Å². The number of rotatable bonds is 9. The Hall–Kier alpha value is -1.64. The zero-order valence-corrected chi connectivity index (χ0v) is 15.8. The van der Waals surface area contributed by atoms with Crippen LogP contribution >= 0.6 is 11.6 Å². The lowest BCUT2D eigenvalue weighted by Gasteiger charge is -2.22. The van der Waals surface area contributed by atoms with E-state index in [1.54, 1.807) is 20.8 Å². The summed E-state index contributed by atoms with van der Waals surface area (Å²) in [7, 11) is -4.31. The van der Waals surface area contributed by atoms with Gasteiger partial charge in [-0.15, -0.1) is 0 Å². The number of benzene rings is 1. The highest BCUT2D eigenvalue weighted by Crippen LogP contribution is 2.23. The molecule has 0 fully saturated rings. The summed E-state index contributed by atoms with van der Waals surface area (Å²) in [4.78, 5) is 24.1. The van der Waals surface area contributed by atoms with Crippen LogP contribution in [0.2, 0.25) is 5.02 Å². The number of ether oxygens (including phenoxy) is 2. The van der Waals surface area contributed by atoms with E-state index in [4.69, 9.17) is 25.3 Å². The minimum Gasteiger partial charge on any atom is -0.466 e. The van der Waals surface area contributed by atoms with Crippen molar-refractivity contribution < 1.29 is 31.7 Å². The summed E-state index contributed by atoms with van der Waals surface area (Å²) in [5.41, 5.74) is 0. The van der Waals surface area contributed by atoms with E-state index >= 15 is 0 Å². The molecule has 0 heterocycles. The van der Waals surface area contributed by atoms with Gasteiger partial charge in [-0.1, -0.05) is 18.5 Å². The molecule has 0 aliphatic carbocycles. The van der Waals surface area contributed by atoms with Gasteiger partial charge in [-0.05, 0) is 44.5 Å². The van der Waals surface area contributed by atoms with Crippen LogP contribution < -0.4 is 0 Å². The molecule has 0 aliphatic heterocycles. The molecule has 0 saturated heterocycles. The number of hydrogen-bond acceptors (Lipinski definition) is 7. The number of hydrogen-bond donors (Lipinski definition) is 0. The van der Waals surface area contributed by atoms with Crippen molar-refractivity contribution in [3.05, 3.63) is 29.3 Å². The number of esters is 2. The molecular weight excluding hydrogens is 372 g/mol. The lowest BCUT2D eigenvalue weighted by atomic mass is 10.00. The van der Waals surface area contributed by atoms with Crippen LogP contribution in [0.5, 0.6) is 0 Å². The molecule has 0 saturated carbocycles. The number of carbonyl (C=O) groups excluding carboxylic acids is 2. The van der Waals surface area contributed by atoms with Crippen LogP contribution in [0.1, 0.15) is 27.2 Å². The second kappa shape index (κ2) is 9.74. The first-order valence-corrected chi connectivity index (χ1v) is 9.57. The summed E-state index contributed by atoms with van der Waals surface area (Å²) in [6, 6.07) is 5.23. The summed E-state index contributed by atoms with van der Waals surface area (Å²) in [5.74, 6) is -2.78. The highest BCUT2D eigenvalue weighted by Gasteiger charge is 2.39. The van der Waals surface area contributed by atoms with Gasteiger partial charge in [-0.25, -0.2) is 4.79 Å². The van der Waals surface area contributed by atoms with E-state index in [0.717, 1.165) is 0 Å². The molecule has 0 aliphatic rings. The minimum absolute atomic E-state index is 0.0128. The summed E-state index contributed by atoms with van der Waals surface area (Å²) >= 11 is 5.74. The molecule has 0 unspecified atom stereocenters. The van der Waals surface area contributed by atoms with Gasteiger partial charge in [0, 0.05) is 5.02 Å². The first-order valence-electron chi connectivity index (χ1n) is 7.78. The molecule has 140 valence electrons. The van der Waals surface area contributed by atoms with E-state index in [0.29, 0.717) is 5.02 Å². The monoisotopic (exact) mass is 392 g/mol. The molecule has 1 aromatic rings. The molecule has 0 N–H and O–H groups in total. The third-order valence-corrected chi connectivity index (χ3v) is 4.81. The molecule has 25 heavy (non-hydrogen) atoms. The summed E-state index contributed by atoms with van der Waals surface area (Å²) < 4.78 is 39.7. The Labute approximate surface area is 152 Å². The van der Waals surface area contributed by atoms with Crippen LogP contribution in [0.3, 0.4) is 0 Å². The minimum atomic E-state index is -4.31. The van der Waals surface area contributed by atoms with Crippen molar-refractivity contribution in [2.24, 2.45) is 5.92 Å². The second-order valence-corrected chi connectivity index (χ2v) is 6.95. The van der Waals surface area contributed by atoms with Crippen molar-refractivity contribution in [3.63, 3.8) is 0 Å². The Morgan fingerprint density at radius 3 is 2.00 bits per heavy atom. The molecule has 0 spiro atoms. The molecular formula is C16H21ClO7S. The molecule has 0 aromatic heterocycles. The highest BCUT2D eigenvalue weighted by molar-refractivity contribution is 7.86. The Balaban J connectivity index is 3.16. The molecule has 7 nitrogen and oxygen atoms in total. The van der Waals surface area contributed by atoms with E-state index in [1.165, 1.54) is 24.3 Å². The van der Waals surface area contributed by atoms with Crippen molar-refractivity contribution >= 4 is 33.7 Å². The Bertz CT molecular complexity index is 685. The van der Waals surface area contributed by atoms with E-state index in [9.17, 15) is 18.0 Å². The van der Waals surface area contributed by atoms with Crippen molar-refractivity contribution in [3.8, 4) is 0 Å². The quantitative estimate of drug-likeness (QED) is 0.470. The van der Waals surface area contributed by atoms with E-state index in [-0.39, 0.29) is 24.5 Å². The lowest BCUT2D eigenvalue weighted by Crippen LogP contribution is -2.40. The van der Waals surface area contributed by atoms with Gasteiger partial charge < -0.3 is 9.47 Å². The highest BCUT2D eigenvalue weighted by atomic mass is 35.5. The predicted molar refractivity (Wildman–Crippen MR) is 90.6 cm³/mol. The molecule has 0 radical (unpaired) electrons. The molecule has 9 heteroatoms. The normalized spacial score (nSPS) is 13.8. The van der Waals surface area contributed by atoms with Crippen molar-refractivity contribution in [1.82, 2.24) is 0 Å². The lowest BCUT2D eigenvalue weighted by molar-refractivity contribution is -0.164. The van der Waals surface area contributed by atoms with Crippen LogP contribution in [0.4, 0.5) is 0 Å². The van der Waals surface area contributed by atoms with Crippen LogP contribution in [0.25, 0.3) is 0 Å². The summed E-state index contributed by atoms with van der Waals surface area (Å²) in [5, 5.41) is 0.346. The largest absolute Gasteiger partial charge is 0.466 e. The van der Waals surface area contributed by atoms with Crippen LogP contribution in [0.15, 0.2) is 29.2 Å². The average molecular weight is 393 g/mol. The van der Waals surface area contributed by atoms with Crippen LogP contribution in [0, 0.1) is 5.92 Å². The standard InChI is InChI=1S/C16H21ClO7S/c1-4-13(15(18)22-5-2)14(16(19)23-6-3)24-25(20,21)12-9-7-11(17)8-10-12/h7-10,13-14H,4-6H2,1-3H3/t13-,14+/m0/s1. The van der Waals surface area contributed by atoms with Gasteiger partial charge in [0.25, 0.3) is 10.1 Å². The fraction of sp³-hybridized carbons (Fsp3) is 0.500. The average Bonchev–Trinajstić information content (AvgIpc) is 2.55. The fourth-order valence-corrected chi connectivity index (χ4v) is 3.23. The molecule has 1 aromatic carbocycles.